The number of methoxy groups -OCH3 is 2. The molecule has 0 unspecified atom stereocenters. The van der Waals surface area contributed by atoms with Gasteiger partial charge < -0.3 is 9.47 Å². The van der Waals surface area contributed by atoms with Crippen molar-refractivity contribution in [2.24, 2.45) is 0 Å². The minimum absolute atomic E-state index is 0.257. The van der Waals surface area contributed by atoms with Gasteiger partial charge in [0.25, 0.3) is 10.0 Å². The molecule has 0 amide bonds. The highest BCUT2D eigenvalue weighted by molar-refractivity contribution is 7.92. The maximum absolute atomic E-state index is 13.3. The summed E-state index contributed by atoms with van der Waals surface area (Å²) in [4.78, 5) is -0.479. The van der Waals surface area contributed by atoms with Crippen molar-refractivity contribution >= 4 is 15.7 Å². The standard InChI is InChI=1S/C15H15F2NO4S/c1-18(12-4-5-14(21-2)15(9-12)22-3)23(19,20)13-7-10(16)6-11(17)8-13/h4-9H,1-3H3. The largest absolute Gasteiger partial charge is 0.493 e. The van der Waals surface area contributed by atoms with E-state index in [-0.39, 0.29) is 5.69 Å². The molecule has 0 spiro atoms. The van der Waals surface area contributed by atoms with E-state index < -0.39 is 26.6 Å². The van der Waals surface area contributed by atoms with E-state index in [4.69, 9.17) is 9.47 Å². The smallest absolute Gasteiger partial charge is 0.264 e. The van der Waals surface area contributed by atoms with Gasteiger partial charge in [-0.3, -0.25) is 4.31 Å². The van der Waals surface area contributed by atoms with Crippen LogP contribution in [-0.2, 0) is 10.0 Å². The van der Waals surface area contributed by atoms with Gasteiger partial charge in [-0.2, -0.15) is 0 Å². The predicted octanol–water partition coefficient (Wildman–Crippen LogP) is 2.81. The summed E-state index contributed by atoms with van der Waals surface area (Å²) in [6, 6.07) is 6.60. The molecule has 8 heteroatoms. The fourth-order valence-electron chi connectivity index (χ4n) is 2.00. The van der Waals surface area contributed by atoms with Crippen molar-refractivity contribution in [2.45, 2.75) is 4.90 Å². The lowest BCUT2D eigenvalue weighted by molar-refractivity contribution is 0.355. The van der Waals surface area contributed by atoms with Gasteiger partial charge in [-0.15, -0.1) is 0 Å². The molecule has 0 saturated heterocycles. The predicted molar refractivity (Wildman–Crippen MR) is 81.5 cm³/mol. The van der Waals surface area contributed by atoms with Gasteiger partial charge in [-0.1, -0.05) is 0 Å². The number of rotatable bonds is 5. The molecule has 2 rings (SSSR count). The zero-order valence-electron chi connectivity index (χ0n) is 12.7. The molecule has 2 aromatic rings. The van der Waals surface area contributed by atoms with Crippen molar-refractivity contribution in [3.8, 4) is 11.5 Å². The average molecular weight is 343 g/mol. The molecule has 0 aromatic heterocycles. The number of halogens is 2. The molecule has 124 valence electrons. The third-order valence-electron chi connectivity index (χ3n) is 3.23. The Hall–Kier alpha value is -2.35. The second-order valence-electron chi connectivity index (χ2n) is 4.62. The molecular formula is C15H15F2NO4S. The second kappa shape index (κ2) is 6.41. The number of sulfonamides is 1. The van der Waals surface area contributed by atoms with Crippen LogP contribution in [0.3, 0.4) is 0 Å². The molecule has 0 heterocycles. The molecule has 0 atom stereocenters. The fraction of sp³-hybridized carbons (Fsp3) is 0.200. The summed E-state index contributed by atoms with van der Waals surface area (Å²) >= 11 is 0. The highest BCUT2D eigenvalue weighted by atomic mass is 32.2. The molecule has 23 heavy (non-hydrogen) atoms. The zero-order chi connectivity index (χ0) is 17.2. The average Bonchev–Trinajstić information content (AvgIpc) is 2.52. The monoisotopic (exact) mass is 343 g/mol. The van der Waals surface area contributed by atoms with Crippen molar-refractivity contribution in [1.29, 1.82) is 0 Å². The third-order valence-corrected chi connectivity index (χ3v) is 4.99. The Morgan fingerprint density at radius 2 is 1.48 bits per heavy atom. The van der Waals surface area contributed by atoms with E-state index in [1.807, 2.05) is 0 Å². The van der Waals surface area contributed by atoms with Gasteiger partial charge in [-0.05, 0) is 24.3 Å². The normalized spacial score (nSPS) is 11.2. The minimum atomic E-state index is -4.12. The lowest BCUT2D eigenvalue weighted by Gasteiger charge is -2.21. The molecule has 0 aliphatic rings. The van der Waals surface area contributed by atoms with E-state index in [0.29, 0.717) is 17.6 Å². The van der Waals surface area contributed by atoms with E-state index in [0.717, 1.165) is 16.4 Å². The van der Waals surface area contributed by atoms with Crippen LogP contribution < -0.4 is 13.8 Å². The Bertz CT molecular complexity index is 804. The van der Waals surface area contributed by atoms with Gasteiger partial charge in [0.2, 0.25) is 0 Å². The molecule has 0 saturated carbocycles. The maximum atomic E-state index is 13.3. The van der Waals surface area contributed by atoms with Crippen molar-refractivity contribution in [2.75, 3.05) is 25.6 Å². The summed E-state index contributed by atoms with van der Waals surface area (Å²) in [7, 11) is 0.0192. The lowest BCUT2D eigenvalue weighted by Crippen LogP contribution is -2.26. The molecule has 0 fully saturated rings. The lowest BCUT2D eigenvalue weighted by atomic mass is 10.3. The van der Waals surface area contributed by atoms with Gasteiger partial charge in [0, 0.05) is 19.2 Å². The van der Waals surface area contributed by atoms with Crippen molar-refractivity contribution in [1.82, 2.24) is 0 Å². The van der Waals surface area contributed by atoms with Crippen LogP contribution in [0.15, 0.2) is 41.3 Å². The molecule has 2 aromatic carbocycles. The quantitative estimate of drug-likeness (QED) is 0.838. The number of benzene rings is 2. The molecule has 5 nitrogen and oxygen atoms in total. The first-order chi connectivity index (χ1) is 10.8. The molecular weight excluding hydrogens is 328 g/mol. The fourth-order valence-corrected chi connectivity index (χ4v) is 3.23. The summed E-state index contributed by atoms with van der Waals surface area (Å²) in [6.45, 7) is 0. The first kappa shape index (κ1) is 17.0. The first-order valence-electron chi connectivity index (χ1n) is 6.46. The summed E-state index contributed by atoms with van der Waals surface area (Å²) in [6.07, 6.45) is 0. The summed E-state index contributed by atoms with van der Waals surface area (Å²) in [5.74, 6) is -1.18. The summed E-state index contributed by atoms with van der Waals surface area (Å²) in [5.41, 5.74) is 0.257. The minimum Gasteiger partial charge on any atom is -0.493 e. The van der Waals surface area contributed by atoms with Crippen molar-refractivity contribution < 1.29 is 26.7 Å². The Kier molecular flexibility index (Phi) is 4.74. The van der Waals surface area contributed by atoms with E-state index in [1.54, 1.807) is 0 Å². The second-order valence-corrected chi connectivity index (χ2v) is 6.59. The number of anilines is 1. The summed E-state index contributed by atoms with van der Waals surface area (Å²) in [5, 5.41) is 0. The highest BCUT2D eigenvalue weighted by Crippen LogP contribution is 2.33. The molecule has 0 N–H and O–H groups in total. The van der Waals surface area contributed by atoms with Crippen molar-refractivity contribution in [3.63, 3.8) is 0 Å². The number of nitrogens with zero attached hydrogens (tertiary/aromatic N) is 1. The SMILES string of the molecule is COc1ccc(N(C)S(=O)(=O)c2cc(F)cc(F)c2)cc1OC. The van der Waals surface area contributed by atoms with E-state index in [2.05, 4.69) is 0 Å². The van der Waals surface area contributed by atoms with Crippen LogP contribution in [0.4, 0.5) is 14.5 Å². The molecule has 0 bridgehead atoms. The topological polar surface area (TPSA) is 55.8 Å². The van der Waals surface area contributed by atoms with Gasteiger partial charge in [-0.25, -0.2) is 17.2 Å². The van der Waals surface area contributed by atoms with Gasteiger partial charge in [0.1, 0.15) is 11.6 Å². The van der Waals surface area contributed by atoms with Crippen LogP contribution in [-0.4, -0.2) is 29.7 Å². The Balaban J connectivity index is 2.48. The van der Waals surface area contributed by atoms with Gasteiger partial charge in [0.15, 0.2) is 11.5 Å². The molecule has 0 aliphatic carbocycles. The Labute approximate surface area is 133 Å². The van der Waals surface area contributed by atoms with Crippen LogP contribution in [0.25, 0.3) is 0 Å². The van der Waals surface area contributed by atoms with Crippen LogP contribution in [0.5, 0.6) is 11.5 Å². The zero-order valence-corrected chi connectivity index (χ0v) is 13.5. The van der Waals surface area contributed by atoms with Crippen LogP contribution in [0, 0.1) is 11.6 Å². The Morgan fingerprint density at radius 1 is 0.913 bits per heavy atom. The number of hydrogen-bond donors (Lipinski definition) is 0. The maximum Gasteiger partial charge on any atom is 0.264 e. The van der Waals surface area contributed by atoms with Crippen LogP contribution in [0.2, 0.25) is 0 Å². The molecule has 0 aliphatic heterocycles. The van der Waals surface area contributed by atoms with E-state index in [9.17, 15) is 17.2 Å². The van der Waals surface area contributed by atoms with Gasteiger partial charge >= 0.3 is 0 Å². The van der Waals surface area contributed by atoms with Gasteiger partial charge in [0.05, 0.1) is 24.8 Å². The highest BCUT2D eigenvalue weighted by Gasteiger charge is 2.23. The molecule has 0 radical (unpaired) electrons. The van der Waals surface area contributed by atoms with E-state index >= 15 is 0 Å². The first-order valence-corrected chi connectivity index (χ1v) is 7.90. The summed E-state index contributed by atoms with van der Waals surface area (Å²) < 4.78 is 62.7. The third kappa shape index (κ3) is 3.37. The van der Waals surface area contributed by atoms with Crippen LogP contribution in [0.1, 0.15) is 0 Å². The van der Waals surface area contributed by atoms with E-state index in [1.165, 1.54) is 39.5 Å². The van der Waals surface area contributed by atoms with Crippen LogP contribution >= 0.6 is 0 Å². The number of ether oxygens (including phenoxy) is 2. The van der Waals surface area contributed by atoms with Crippen molar-refractivity contribution in [3.05, 3.63) is 48.0 Å². The Morgan fingerprint density at radius 3 is 2.00 bits per heavy atom. The number of hydrogen-bond acceptors (Lipinski definition) is 4.